The van der Waals surface area contributed by atoms with Crippen LogP contribution in [0.15, 0.2) is 22.7 Å². The molecule has 92 valence electrons. The van der Waals surface area contributed by atoms with Crippen LogP contribution in [0.3, 0.4) is 0 Å². The molecule has 1 aromatic carbocycles. The highest BCUT2D eigenvalue weighted by molar-refractivity contribution is 9.10. The molecule has 0 aromatic heterocycles. The highest BCUT2D eigenvalue weighted by Crippen LogP contribution is 2.28. The van der Waals surface area contributed by atoms with Gasteiger partial charge in [-0.15, -0.1) is 11.6 Å². The third kappa shape index (κ3) is 3.19. The van der Waals surface area contributed by atoms with Gasteiger partial charge in [-0.25, -0.2) is 4.39 Å². The molecular formula is C12H12BrClFNO. The lowest BCUT2D eigenvalue weighted by molar-refractivity contribution is 0.0753. The molecule has 0 radical (unpaired) electrons. The fourth-order valence-corrected chi connectivity index (χ4v) is 2.42. The largest absolute Gasteiger partial charge is 0.334 e. The molecule has 5 heteroatoms. The topological polar surface area (TPSA) is 20.3 Å². The standard InChI is InChI=1S/C12H12BrClFNO/c13-9-5-8(6-10(15)7-9)12(17)16(4-3-14)11-1-2-11/h5-7,11H,1-4H2. The molecule has 1 fully saturated rings. The first-order valence-electron chi connectivity index (χ1n) is 5.45. The van der Waals surface area contributed by atoms with Crippen molar-refractivity contribution >= 4 is 33.4 Å². The van der Waals surface area contributed by atoms with Gasteiger partial charge in [0.25, 0.3) is 5.91 Å². The minimum atomic E-state index is -0.413. The van der Waals surface area contributed by atoms with Gasteiger partial charge in [0.2, 0.25) is 0 Å². The van der Waals surface area contributed by atoms with Crippen LogP contribution in [-0.4, -0.2) is 29.3 Å². The summed E-state index contributed by atoms with van der Waals surface area (Å²) in [5.74, 6) is -0.156. The second-order valence-electron chi connectivity index (χ2n) is 4.08. The van der Waals surface area contributed by atoms with Crippen molar-refractivity contribution in [2.45, 2.75) is 18.9 Å². The SMILES string of the molecule is O=C(c1cc(F)cc(Br)c1)N(CCCl)C1CC1. The van der Waals surface area contributed by atoms with Gasteiger partial charge in [0.1, 0.15) is 5.82 Å². The van der Waals surface area contributed by atoms with Crippen LogP contribution in [0.25, 0.3) is 0 Å². The predicted molar refractivity (Wildman–Crippen MR) is 68.9 cm³/mol. The van der Waals surface area contributed by atoms with Gasteiger partial charge in [-0.05, 0) is 31.0 Å². The number of benzene rings is 1. The number of hydrogen-bond acceptors (Lipinski definition) is 1. The van der Waals surface area contributed by atoms with Gasteiger partial charge in [-0.2, -0.15) is 0 Å². The van der Waals surface area contributed by atoms with Crippen molar-refractivity contribution in [1.82, 2.24) is 4.90 Å². The Bertz CT molecular complexity index is 416. The van der Waals surface area contributed by atoms with Gasteiger partial charge in [-0.3, -0.25) is 4.79 Å². The third-order valence-electron chi connectivity index (χ3n) is 2.68. The Kier molecular flexibility index (Phi) is 4.05. The smallest absolute Gasteiger partial charge is 0.254 e. The molecule has 17 heavy (non-hydrogen) atoms. The Labute approximate surface area is 113 Å². The van der Waals surface area contributed by atoms with Gasteiger partial charge in [0.15, 0.2) is 0 Å². The lowest BCUT2D eigenvalue weighted by Crippen LogP contribution is -2.34. The van der Waals surface area contributed by atoms with Crippen molar-refractivity contribution in [1.29, 1.82) is 0 Å². The quantitative estimate of drug-likeness (QED) is 0.778. The lowest BCUT2D eigenvalue weighted by Gasteiger charge is -2.21. The molecule has 1 aromatic rings. The van der Waals surface area contributed by atoms with Crippen molar-refractivity contribution in [3.63, 3.8) is 0 Å². The third-order valence-corrected chi connectivity index (χ3v) is 3.31. The zero-order chi connectivity index (χ0) is 12.4. The fourth-order valence-electron chi connectivity index (χ4n) is 1.77. The van der Waals surface area contributed by atoms with Crippen molar-refractivity contribution in [2.75, 3.05) is 12.4 Å². The minimum Gasteiger partial charge on any atom is -0.334 e. The zero-order valence-corrected chi connectivity index (χ0v) is 11.5. The summed E-state index contributed by atoms with van der Waals surface area (Å²) in [5, 5.41) is 0. The van der Waals surface area contributed by atoms with E-state index in [-0.39, 0.29) is 11.9 Å². The number of nitrogens with zero attached hydrogens (tertiary/aromatic N) is 1. The molecule has 1 saturated carbocycles. The summed E-state index contributed by atoms with van der Waals surface area (Å²) in [7, 11) is 0. The first kappa shape index (κ1) is 12.8. The molecule has 0 heterocycles. The summed E-state index contributed by atoms with van der Waals surface area (Å²) >= 11 is 8.87. The number of halogens is 3. The monoisotopic (exact) mass is 319 g/mol. The number of hydrogen-bond donors (Lipinski definition) is 0. The minimum absolute atomic E-state index is 0.145. The van der Waals surface area contributed by atoms with E-state index in [9.17, 15) is 9.18 Å². The Morgan fingerprint density at radius 3 is 2.71 bits per heavy atom. The summed E-state index contributed by atoms with van der Waals surface area (Å²) < 4.78 is 13.8. The molecule has 0 saturated heterocycles. The van der Waals surface area contributed by atoms with Crippen molar-refractivity contribution < 1.29 is 9.18 Å². The van der Waals surface area contributed by atoms with Gasteiger partial charge in [-0.1, -0.05) is 15.9 Å². The van der Waals surface area contributed by atoms with Gasteiger partial charge < -0.3 is 4.90 Å². The highest BCUT2D eigenvalue weighted by Gasteiger charge is 2.32. The normalized spacial score (nSPS) is 14.8. The maximum absolute atomic E-state index is 13.2. The van der Waals surface area contributed by atoms with E-state index in [4.69, 9.17) is 11.6 Å². The zero-order valence-electron chi connectivity index (χ0n) is 9.13. The van der Waals surface area contributed by atoms with E-state index in [0.717, 1.165) is 12.8 Å². The predicted octanol–water partition coefficient (Wildman–Crippen LogP) is 3.43. The second kappa shape index (κ2) is 5.36. The van der Waals surface area contributed by atoms with E-state index in [1.165, 1.54) is 12.1 Å². The molecule has 0 N–H and O–H groups in total. The van der Waals surface area contributed by atoms with Crippen LogP contribution in [0, 0.1) is 5.82 Å². The molecule has 0 bridgehead atoms. The summed E-state index contributed by atoms with van der Waals surface area (Å²) in [4.78, 5) is 13.9. The van der Waals surface area contributed by atoms with E-state index in [1.807, 2.05) is 0 Å². The molecule has 1 aliphatic carbocycles. The second-order valence-corrected chi connectivity index (χ2v) is 5.37. The van der Waals surface area contributed by atoms with Crippen LogP contribution in [-0.2, 0) is 0 Å². The van der Waals surface area contributed by atoms with Crippen LogP contribution in [0.2, 0.25) is 0 Å². The summed E-state index contributed by atoms with van der Waals surface area (Å²) in [5.41, 5.74) is 0.369. The number of amides is 1. The Morgan fingerprint density at radius 2 is 2.18 bits per heavy atom. The molecule has 0 spiro atoms. The number of alkyl halides is 1. The first-order valence-corrected chi connectivity index (χ1v) is 6.77. The molecule has 0 aliphatic heterocycles. The average molecular weight is 321 g/mol. The Morgan fingerprint density at radius 1 is 1.47 bits per heavy atom. The summed E-state index contributed by atoms with van der Waals surface area (Å²) in [6.45, 7) is 0.513. The molecule has 0 atom stereocenters. The van der Waals surface area contributed by atoms with Crippen molar-refractivity contribution in [2.24, 2.45) is 0 Å². The van der Waals surface area contributed by atoms with Crippen molar-refractivity contribution in [3.05, 3.63) is 34.1 Å². The van der Waals surface area contributed by atoms with Crippen LogP contribution >= 0.6 is 27.5 Å². The van der Waals surface area contributed by atoms with E-state index in [0.29, 0.717) is 22.5 Å². The van der Waals surface area contributed by atoms with Crippen molar-refractivity contribution in [3.8, 4) is 0 Å². The molecule has 1 aliphatic rings. The van der Waals surface area contributed by atoms with Crippen LogP contribution in [0.1, 0.15) is 23.2 Å². The average Bonchev–Trinajstić information content (AvgIpc) is 3.07. The molecule has 1 amide bonds. The van der Waals surface area contributed by atoms with E-state index < -0.39 is 5.82 Å². The Hall–Kier alpha value is -0.610. The van der Waals surface area contributed by atoms with Crippen LogP contribution in [0.5, 0.6) is 0 Å². The number of carbonyl (C=O) groups is 1. The highest BCUT2D eigenvalue weighted by atomic mass is 79.9. The number of rotatable bonds is 4. The van der Waals surface area contributed by atoms with E-state index in [1.54, 1.807) is 11.0 Å². The Balaban J connectivity index is 2.21. The van der Waals surface area contributed by atoms with Crippen LogP contribution < -0.4 is 0 Å². The van der Waals surface area contributed by atoms with E-state index in [2.05, 4.69) is 15.9 Å². The lowest BCUT2D eigenvalue weighted by atomic mass is 10.2. The fraction of sp³-hybridized carbons (Fsp3) is 0.417. The summed E-state index contributed by atoms with van der Waals surface area (Å²) in [6.07, 6.45) is 2.03. The van der Waals surface area contributed by atoms with E-state index >= 15 is 0 Å². The summed E-state index contributed by atoms with van der Waals surface area (Å²) in [6, 6.07) is 4.51. The molecule has 0 unspecified atom stereocenters. The van der Waals surface area contributed by atoms with Gasteiger partial charge in [0, 0.05) is 28.5 Å². The molecule has 2 nitrogen and oxygen atoms in total. The van der Waals surface area contributed by atoms with Crippen LogP contribution in [0.4, 0.5) is 4.39 Å². The first-order chi connectivity index (χ1) is 8.11. The molecular weight excluding hydrogens is 308 g/mol. The maximum Gasteiger partial charge on any atom is 0.254 e. The maximum atomic E-state index is 13.2. The van der Waals surface area contributed by atoms with Gasteiger partial charge >= 0.3 is 0 Å². The number of carbonyl (C=O) groups excluding carboxylic acids is 1. The molecule has 2 rings (SSSR count). The van der Waals surface area contributed by atoms with Gasteiger partial charge in [0.05, 0.1) is 0 Å².